The highest BCUT2D eigenvalue weighted by molar-refractivity contribution is 5.02. The Bertz CT molecular complexity index is 169. The molecule has 0 aromatic rings. The fourth-order valence-corrected chi connectivity index (χ4v) is 1.26. The zero-order valence-electron chi connectivity index (χ0n) is 9.77. The normalized spacial score (nSPS) is 14.0. The van der Waals surface area contributed by atoms with Crippen LogP contribution in [0.5, 0.6) is 0 Å². The van der Waals surface area contributed by atoms with Crippen molar-refractivity contribution in [3.63, 3.8) is 0 Å². The lowest BCUT2D eigenvalue weighted by Gasteiger charge is -2.27. The van der Waals surface area contributed by atoms with Crippen molar-refractivity contribution in [3.8, 4) is 0 Å². The number of hydrogen-bond donors (Lipinski definition) is 1. The van der Waals surface area contributed by atoms with Gasteiger partial charge < -0.3 is 10.1 Å². The van der Waals surface area contributed by atoms with Crippen LogP contribution < -0.4 is 5.32 Å². The molecule has 0 aromatic heterocycles. The zero-order valence-corrected chi connectivity index (χ0v) is 9.77. The van der Waals surface area contributed by atoms with Gasteiger partial charge in [-0.15, -0.1) is 0 Å². The lowest BCUT2D eigenvalue weighted by atomic mass is 9.97. The number of rotatable bonds is 5. The zero-order chi connectivity index (χ0) is 10.5. The Labute approximate surface area is 82.4 Å². The molecule has 0 spiro atoms. The Morgan fingerprint density at radius 3 is 2.31 bits per heavy atom. The van der Waals surface area contributed by atoms with E-state index >= 15 is 0 Å². The van der Waals surface area contributed by atoms with E-state index in [4.69, 9.17) is 4.74 Å². The maximum atomic E-state index is 5.38. The molecule has 0 rings (SSSR count). The summed E-state index contributed by atoms with van der Waals surface area (Å²) < 4.78 is 5.38. The predicted octanol–water partition coefficient (Wildman–Crippen LogP) is 2.36. The Kier molecular flexibility index (Phi) is 5.26. The largest absolute Gasteiger partial charge is 0.379 e. The van der Waals surface area contributed by atoms with Crippen molar-refractivity contribution in [2.24, 2.45) is 0 Å². The molecule has 0 bridgehead atoms. The summed E-state index contributed by atoms with van der Waals surface area (Å²) in [6, 6.07) is 0.403. The highest BCUT2D eigenvalue weighted by Gasteiger charge is 2.20. The topological polar surface area (TPSA) is 21.3 Å². The first-order valence-electron chi connectivity index (χ1n) is 4.78. The second-order valence-corrected chi connectivity index (χ2v) is 4.31. The smallest absolute Gasteiger partial charge is 0.0640 e. The molecular weight excluding hydrogens is 162 g/mol. The first-order chi connectivity index (χ1) is 5.91. The van der Waals surface area contributed by atoms with Gasteiger partial charge in [0.15, 0.2) is 0 Å². The van der Waals surface area contributed by atoms with Crippen molar-refractivity contribution in [2.45, 2.75) is 45.8 Å². The predicted molar refractivity (Wildman–Crippen MR) is 58.0 cm³/mol. The van der Waals surface area contributed by atoms with Gasteiger partial charge >= 0.3 is 0 Å². The van der Waals surface area contributed by atoms with Crippen LogP contribution in [0.3, 0.4) is 0 Å². The number of hydrogen-bond acceptors (Lipinski definition) is 2. The molecule has 0 aliphatic rings. The van der Waals surface area contributed by atoms with Crippen LogP contribution in [0.4, 0.5) is 0 Å². The Balaban J connectivity index is 4.21. The van der Waals surface area contributed by atoms with Gasteiger partial charge in [-0.2, -0.15) is 0 Å². The summed E-state index contributed by atoms with van der Waals surface area (Å²) in [6.07, 6.45) is 3.23. The minimum Gasteiger partial charge on any atom is -0.379 e. The second-order valence-electron chi connectivity index (χ2n) is 4.31. The number of allylic oxidation sites excluding steroid dienone is 1. The molecule has 0 aliphatic heterocycles. The maximum Gasteiger partial charge on any atom is 0.0640 e. The monoisotopic (exact) mass is 185 g/mol. The van der Waals surface area contributed by atoms with Gasteiger partial charge in [0.2, 0.25) is 0 Å². The van der Waals surface area contributed by atoms with Crippen molar-refractivity contribution in [3.05, 3.63) is 11.6 Å². The van der Waals surface area contributed by atoms with Gasteiger partial charge in [0.25, 0.3) is 0 Å². The molecule has 0 heterocycles. The van der Waals surface area contributed by atoms with Crippen molar-refractivity contribution in [1.29, 1.82) is 0 Å². The van der Waals surface area contributed by atoms with Gasteiger partial charge in [-0.3, -0.25) is 0 Å². The molecule has 78 valence electrons. The number of methoxy groups -OCH3 is 1. The van der Waals surface area contributed by atoms with Crippen molar-refractivity contribution in [1.82, 2.24) is 5.32 Å². The van der Waals surface area contributed by atoms with Crippen LogP contribution in [-0.4, -0.2) is 25.8 Å². The second kappa shape index (κ2) is 5.40. The first-order valence-corrected chi connectivity index (χ1v) is 4.78. The molecule has 2 nitrogen and oxygen atoms in total. The summed E-state index contributed by atoms with van der Waals surface area (Å²) in [4.78, 5) is 0. The molecule has 0 aliphatic carbocycles. The van der Waals surface area contributed by atoms with Gasteiger partial charge in [-0.05, 0) is 41.2 Å². The first kappa shape index (κ1) is 12.7. The van der Waals surface area contributed by atoms with E-state index in [-0.39, 0.29) is 5.60 Å². The molecule has 1 atom stereocenters. The summed E-state index contributed by atoms with van der Waals surface area (Å²) in [6.45, 7) is 8.45. The summed E-state index contributed by atoms with van der Waals surface area (Å²) >= 11 is 0. The van der Waals surface area contributed by atoms with Gasteiger partial charge in [-0.1, -0.05) is 11.6 Å². The van der Waals surface area contributed by atoms with E-state index in [1.54, 1.807) is 7.11 Å². The molecule has 13 heavy (non-hydrogen) atoms. The third kappa shape index (κ3) is 5.83. The van der Waals surface area contributed by atoms with E-state index in [1.165, 1.54) is 5.57 Å². The van der Waals surface area contributed by atoms with E-state index in [0.717, 1.165) is 6.42 Å². The van der Waals surface area contributed by atoms with Crippen LogP contribution in [-0.2, 0) is 4.74 Å². The standard InChI is InChI=1S/C11H23NO/c1-9(2)7-10(12-5)8-11(3,4)13-6/h7,10,12H,8H2,1-6H3. The van der Waals surface area contributed by atoms with Gasteiger partial charge in [0.1, 0.15) is 0 Å². The van der Waals surface area contributed by atoms with E-state index in [1.807, 2.05) is 7.05 Å². The highest BCUT2D eigenvalue weighted by atomic mass is 16.5. The third-order valence-corrected chi connectivity index (χ3v) is 2.17. The average molecular weight is 185 g/mol. The molecule has 0 radical (unpaired) electrons. The van der Waals surface area contributed by atoms with Gasteiger partial charge in [0.05, 0.1) is 5.60 Å². The van der Waals surface area contributed by atoms with Crippen molar-refractivity contribution >= 4 is 0 Å². The summed E-state index contributed by atoms with van der Waals surface area (Å²) in [7, 11) is 3.74. The van der Waals surface area contributed by atoms with E-state index in [0.29, 0.717) is 6.04 Å². The molecule has 0 amide bonds. The third-order valence-electron chi connectivity index (χ3n) is 2.17. The lowest BCUT2D eigenvalue weighted by Crippen LogP contribution is -2.34. The lowest BCUT2D eigenvalue weighted by molar-refractivity contribution is 0.0112. The molecule has 0 saturated heterocycles. The Hall–Kier alpha value is -0.340. The molecule has 0 aromatic carbocycles. The van der Waals surface area contributed by atoms with Crippen LogP contribution >= 0.6 is 0 Å². The molecule has 1 unspecified atom stereocenters. The van der Waals surface area contributed by atoms with E-state index in [9.17, 15) is 0 Å². The van der Waals surface area contributed by atoms with Crippen LogP contribution in [0.2, 0.25) is 0 Å². The fourth-order valence-electron chi connectivity index (χ4n) is 1.26. The number of likely N-dealkylation sites (N-methyl/N-ethyl adjacent to an activating group) is 1. The van der Waals surface area contributed by atoms with Crippen LogP contribution in [0.1, 0.15) is 34.1 Å². The number of nitrogens with one attached hydrogen (secondary N) is 1. The quantitative estimate of drug-likeness (QED) is 0.664. The van der Waals surface area contributed by atoms with Gasteiger partial charge in [0, 0.05) is 13.2 Å². The minimum atomic E-state index is -0.0559. The Morgan fingerprint density at radius 2 is 2.00 bits per heavy atom. The summed E-state index contributed by atoms with van der Waals surface area (Å²) in [5.41, 5.74) is 1.28. The molecule has 1 N–H and O–H groups in total. The molecule has 0 fully saturated rings. The maximum absolute atomic E-state index is 5.38. The highest BCUT2D eigenvalue weighted by Crippen LogP contribution is 2.16. The SMILES string of the molecule is CNC(C=C(C)C)CC(C)(C)OC. The molecule has 2 heteroatoms. The van der Waals surface area contributed by atoms with E-state index < -0.39 is 0 Å². The van der Waals surface area contributed by atoms with Crippen LogP contribution in [0.25, 0.3) is 0 Å². The van der Waals surface area contributed by atoms with Crippen molar-refractivity contribution in [2.75, 3.05) is 14.2 Å². The summed E-state index contributed by atoms with van der Waals surface area (Å²) in [5.74, 6) is 0. The average Bonchev–Trinajstić information content (AvgIpc) is 2.02. The van der Waals surface area contributed by atoms with E-state index in [2.05, 4.69) is 39.1 Å². The molecule has 0 saturated carbocycles. The van der Waals surface area contributed by atoms with Crippen LogP contribution in [0.15, 0.2) is 11.6 Å². The minimum absolute atomic E-state index is 0.0559. The molecular formula is C11H23NO. The van der Waals surface area contributed by atoms with Crippen molar-refractivity contribution < 1.29 is 4.74 Å². The number of ether oxygens (including phenoxy) is 1. The van der Waals surface area contributed by atoms with Crippen LogP contribution in [0, 0.1) is 0 Å². The Morgan fingerprint density at radius 1 is 1.46 bits per heavy atom. The van der Waals surface area contributed by atoms with Gasteiger partial charge in [-0.25, -0.2) is 0 Å². The fraction of sp³-hybridized carbons (Fsp3) is 0.818. The summed E-state index contributed by atoms with van der Waals surface area (Å²) in [5, 5.41) is 3.27.